The number of amides is 2. The highest BCUT2D eigenvalue weighted by atomic mass is 16.5. The fourth-order valence-electron chi connectivity index (χ4n) is 4.47. The summed E-state index contributed by atoms with van der Waals surface area (Å²) in [5, 5.41) is 0. The van der Waals surface area contributed by atoms with Crippen molar-refractivity contribution in [3.63, 3.8) is 0 Å². The molecule has 0 N–H and O–H groups in total. The van der Waals surface area contributed by atoms with Crippen molar-refractivity contribution < 1.29 is 19.1 Å². The number of nitrogens with zero attached hydrogens (tertiary/aromatic N) is 2. The molecule has 0 aliphatic carbocycles. The molecule has 3 rings (SSSR count). The number of rotatable bonds is 12. The summed E-state index contributed by atoms with van der Waals surface area (Å²) in [6.45, 7) is 3.07. The number of hydrogen-bond donors (Lipinski definition) is 0. The number of methoxy groups -OCH3 is 2. The van der Waals surface area contributed by atoms with Crippen molar-refractivity contribution >= 4 is 11.8 Å². The number of likely N-dealkylation sites (N-methyl/N-ethyl adjacent to an activating group) is 1. The van der Waals surface area contributed by atoms with E-state index in [4.69, 9.17) is 9.47 Å². The second-order valence-electron chi connectivity index (χ2n) is 9.02. The number of piperazine rings is 1. The summed E-state index contributed by atoms with van der Waals surface area (Å²) in [5.41, 5.74) is 3.10. The molecule has 6 heteroatoms. The highest BCUT2D eigenvalue weighted by molar-refractivity contribution is 5.94. The van der Waals surface area contributed by atoms with Gasteiger partial charge in [0.05, 0.1) is 20.8 Å². The quantitative estimate of drug-likeness (QED) is 0.416. The SMILES string of the molecule is CCCCCCCCN1CC(=O)N(C)[C@@H](Cc2ccc(-c3ccc(OC)c(OC)c3)cc2)C1=O. The zero-order chi connectivity index (χ0) is 24.5. The first kappa shape index (κ1) is 25.6. The molecule has 0 radical (unpaired) electrons. The first-order valence-corrected chi connectivity index (χ1v) is 12.3. The van der Waals surface area contributed by atoms with Crippen molar-refractivity contribution in [2.75, 3.05) is 34.4 Å². The van der Waals surface area contributed by atoms with Gasteiger partial charge >= 0.3 is 0 Å². The van der Waals surface area contributed by atoms with Gasteiger partial charge < -0.3 is 19.3 Å². The molecule has 184 valence electrons. The van der Waals surface area contributed by atoms with E-state index in [1.807, 2.05) is 42.5 Å². The molecule has 1 aliphatic heterocycles. The molecule has 6 nitrogen and oxygen atoms in total. The van der Waals surface area contributed by atoms with Crippen LogP contribution in [0.15, 0.2) is 42.5 Å². The first-order chi connectivity index (χ1) is 16.5. The molecule has 0 aromatic heterocycles. The van der Waals surface area contributed by atoms with Crippen LogP contribution < -0.4 is 9.47 Å². The lowest BCUT2D eigenvalue weighted by Gasteiger charge is -2.38. The third-order valence-electron chi connectivity index (χ3n) is 6.67. The summed E-state index contributed by atoms with van der Waals surface area (Å²) in [7, 11) is 4.99. The minimum absolute atomic E-state index is 0.0116. The van der Waals surface area contributed by atoms with Gasteiger partial charge in [0.15, 0.2) is 11.5 Å². The van der Waals surface area contributed by atoms with Crippen LogP contribution in [0.2, 0.25) is 0 Å². The molecule has 1 fully saturated rings. The van der Waals surface area contributed by atoms with Gasteiger partial charge in [-0.05, 0) is 35.2 Å². The second-order valence-corrected chi connectivity index (χ2v) is 9.02. The van der Waals surface area contributed by atoms with E-state index >= 15 is 0 Å². The number of benzene rings is 2. The van der Waals surface area contributed by atoms with Crippen molar-refractivity contribution in [1.82, 2.24) is 9.80 Å². The number of carbonyl (C=O) groups excluding carboxylic acids is 2. The Bertz CT molecular complexity index is 957. The Labute approximate surface area is 203 Å². The van der Waals surface area contributed by atoms with Gasteiger partial charge in [-0.15, -0.1) is 0 Å². The van der Waals surface area contributed by atoms with E-state index in [9.17, 15) is 9.59 Å². The lowest BCUT2D eigenvalue weighted by Crippen LogP contribution is -2.59. The van der Waals surface area contributed by atoms with E-state index in [1.165, 1.54) is 25.7 Å². The Balaban J connectivity index is 1.64. The Kier molecular flexibility index (Phi) is 9.37. The van der Waals surface area contributed by atoms with Crippen molar-refractivity contribution in [2.45, 2.75) is 57.9 Å². The monoisotopic (exact) mass is 466 g/mol. The molecule has 1 heterocycles. The summed E-state index contributed by atoms with van der Waals surface area (Å²) in [4.78, 5) is 29.1. The van der Waals surface area contributed by atoms with E-state index in [2.05, 4.69) is 6.92 Å². The Morgan fingerprint density at radius 1 is 0.853 bits per heavy atom. The van der Waals surface area contributed by atoms with Gasteiger partial charge in [-0.25, -0.2) is 0 Å². The third kappa shape index (κ3) is 6.31. The molecule has 0 saturated carbocycles. The summed E-state index contributed by atoms with van der Waals surface area (Å²) in [5.74, 6) is 1.44. The predicted molar refractivity (Wildman–Crippen MR) is 135 cm³/mol. The Hall–Kier alpha value is -3.02. The van der Waals surface area contributed by atoms with Gasteiger partial charge in [-0.3, -0.25) is 9.59 Å². The summed E-state index contributed by atoms with van der Waals surface area (Å²) in [6.07, 6.45) is 7.50. The second kappa shape index (κ2) is 12.4. The van der Waals surface area contributed by atoms with E-state index in [0.29, 0.717) is 24.5 Å². The van der Waals surface area contributed by atoms with E-state index < -0.39 is 6.04 Å². The van der Waals surface area contributed by atoms with Gasteiger partial charge in [0, 0.05) is 20.0 Å². The topological polar surface area (TPSA) is 59.1 Å². The maximum Gasteiger partial charge on any atom is 0.246 e. The van der Waals surface area contributed by atoms with Crippen LogP contribution in [-0.4, -0.2) is 62.0 Å². The molecule has 1 saturated heterocycles. The van der Waals surface area contributed by atoms with Crippen molar-refractivity contribution in [3.8, 4) is 22.6 Å². The Morgan fingerprint density at radius 3 is 2.18 bits per heavy atom. The standard InChI is InChI=1S/C28H38N2O4/c1-5-6-7-8-9-10-17-30-20-27(31)29(2)24(28(30)32)18-21-11-13-22(14-12-21)23-15-16-25(33-3)26(19-23)34-4/h11-16,19,24H,5-10,17-18,20H2,1-4H3/t24-/m0/s1. The number of ether oxygens (including phenoxy) is 2. The van der Waals surface area contributed by atoms with Crippen LogP contribution in [-0.2, 0) is 16.0 Å². The molecule has 34 heavy (non-hydrogen) atoms. The van der Waals surface area contributed by atoms with E-state index in [-0.39, 0.29) is 18.4 Å². The summed E-state index contributed by atoms with van der Waals surface area (Å²) in [6, 6.07) is 13.5. The van der Waals surface area contributed by atoms with Gasteiger partial charge in [-0.1, -0.05) is 69.4 Å². The molecule has 0 unspecified atom stereocenters. The highest BCUT2D eigenvalue weighted by Gasteiger charge is 2.36. The van der Waals surface area contributed by atoms with Crippen LogP contribution in [0.5, 0.6) is 11.5 Å². The largest absolute Gasteiger partial charge is 0.493 e. The fourth-order valence-corrected chi connectivity index (χ4v) is 4.47. The van der Waals surface area contributed by atoms with E-state index in [1.54, 1.807) is 31.1 Å². The molecule has 1 atom stereocenters. The summed E-state index contributed by atoms with van der Waals surface area (Å²) < 4.78 is 10.7. The lowest BCUT2D eigenvalue weighted by molar-refractivity contribution is -0.154. The van der Waals surface area contributed by atoms with Crippen LogP contribution >= 0.6 is 0 Å². The molecular weight excluding hydrogens is 428 g/mol. The lowest BCUT2D eigenvalue weighted by atomic mass is 9.98. The van der Waals surface area contributed by atoms with Crippen LogP contribution in [0.3, 0.4) is 0 Å². The minimum Gasteiger partial charge on any atom is -0.493 e. The smallest absolute Gasteiger partial charge is 0.246 e. The third-order valence-corrected chi connectivity index (χ3v) is 6.67. The van der Waals surface area contributed by atoms with Crippen molar-refractivity contribution in [3.05, 3.63) is 48.0 Å². The first-order valence-electron chi connectivity index (χ1n) is 12.3. The number of hydrogen-bond acceptors (Lipinski definition) is 4. The zero-order valence-electron chi connectivity index (χ0n) is 21.0. The average molecular weight is 467 g/mol. The van der Waals surface area contributed by atoms with Gasteiger partial charge in [0.2, 0.25) is 11.8 Å². The molecule has 0 spiro atoms. The predicted octanol–water partition coefficient (Wildman–Crippen LogP) is 4.94. The molecular formula is C28H38N2O4. The van der Waals surface area contributed by atoms with Crippen molar-refractivity contribution in [1.29, 1.82) is 0 Å². The average Bonchev–Trinajstić information content (AvgIpc) is 2.86. The van der Waals surface area contributed by atoms with Crippen LogP contribution in [0.1, 0.15) is 51.0 Å². The minimum atomic E-state index is -0.451. The van der Waals surface area contributed by atoms with Crippen LogP contribution in [0.25, 0.3) is 11.1 Å². The van der Waals surface area contributed by atoms with Gasteiger partial charge in [0.1, 0.15) is 6.04 Å². The van der Waals surface area contributed by atoms with Crippen LogP contribution in [0, 0.1) is 0 Å². The van der Waals surface area contributed by atoms with Crippen molar-refractivity contribution in [2.24, 2.45) is 0 Å². The molecule has 2 aromatic carbocycles. The number of unbranched alkanes of at least 4 members (excludes halogenated alkanes) is 5. The molecule has 2 aromatic rings. The number of carbonyl (C=O) groups is 2. The van der Waals surface area contributed by atoms with Crippen LogP contribution in [0.4, 0.5) is 0 Å². The fraction of sp³-hybridized carbons (Fsp3) is 0.500. The summed E-state index contributed by atoms with van der Waals surface area (Å²) >= 11 is 0. The van der Waals surface area contributed by atoms with Gasteiger partial charge in [0.25, 0.3) is 0 Å². The Morgan fingerprint density at radius 2 is 1.50 bits per heavy atom. The molecule has 0 bridgehead atoms. The molecule has 2 amide bonds. The zero-order valence-corrected chi connectivity index (χ0v) is 21.0. The highest BCUT2D eigenvalue weighted by Crippen LogP contribution is 2.32. The van der Waals surface area contributed by atoms with E-state index in [0.717, 1.165) is 29.5 Å². The molecule has 1 aliphatic rings. The van der Waals surface area contributed by atoms with Gasteiger partial charge in [-0.2, -0.15) is 0 Å². The maximum absolute atomic E-state index is 13.2. The normalized spacial score (nSPS) is 16.2. The maximum atomic E-state index is 13.2.